The van der Waals surface area contributed by atoms with Crippen LogP contribution in [0.15, 0.2) is 176 Å². The van der Waals surface area contributed by atoms with Crippen LogP contribution in [0.25, 0.3) is 38.6 Å². The molecule has 7 aromatic carbocycles. The summed E-state index contributed by atoms with van der Waals surface area (Å²) in [5, 5.41) is 27.4. The van der Waals surface area contributed by atoms with E-state index in [0.717, 1.165) is 38.6 Å². The Bertz CT molecular complexity index is 2430. The van der Waals surface area contributed by atoms with Crippen molar-refractivity contribution in [1.29, 1.82) is 10.5 Å². The van der Waals surface area contributed by atoms with E-state index in [1.54, 1.807) is 0 Å². The molecular weight excluding hydrogens is 599 g/mol. The second-order valence-electron chi connectivity index (χ2n) is 12.0. The third kappa shape index (κ3) is 4.64. The van der Waals surface area contributed by atoms with Crippen LogP contribution in [-0.2, 0) is 0 Å². The van der Waals surface area contributed by atoms with E-state index in [0.29, 0.717) is 11.1 Å². The molecule has 0 fully saturated rings. The molecule has 0 aliphatic rings. The summed E-state index contributed by atoms with van der Waals surface area (Å²) >= 11 is 0. The van der Waals surface area contributed by atoms with E-state index >= 15 is 0 Å². The first-order valence-electron chi connectivity index (χ1n) is 16.0. The first-order chi connectivity index (χ1) is 23.7. The largest absolute Gasteiger partial charge is 0.309 e. The van der Waals surface area contributed by atoms with Gasteiger partial charge in [0.15, 0.2) is 8.07 Å². The zero-order valence-corrected chi connectivity index (χ0v) is 27.1. The minimum atomic E-state index is -2.73. The molecule has 0 N–H and O–H groups in total. The van der Waals surface area contributed by atoms with Gasteiger partial charge >= 0.3 is 0 Å². The molecule has 0 spiro atoms. The summed E-state index contributed by atoms with van der Waals surface area (Å²) in [7, 11) is -2.73. The van der Waals surface area contributed by atoms with Crippen LogP contribution in [0.2, 0.25) is 0 Å². The summed E-state index contributed by atoms with van der Waals surface area (Å²) in [6, 6.07) is 66.4. The molecule has 8 aromatic rings. The molecular formula is C44H29N3Si. The number of nitriles is 2. The van der Waals surface area contributed by atoms with Crippen molar-refractivity contribution < 1.29 is 0 Å². The number of para-hydroxylation sites is 1. The number of benzene rings is 7. The molecule has 0 aliphatic heterocycles. The van der Waals surface area contributed by atoms with Gasteiger partial charge in [-0.05, 0) is 68.3 Å². The average molecular weight is 628 g/mol. The Hall–Kier alpha value is -6.46. The van der Waals surface area contributed by atoms with E-state index < -0.39 is 8.07 Å². The van der Waals surface area contributed by atoms with Crippen molar-refractivity contribution in [2.75, 3.05) is 0 Å². The van der Waals surface area contributed by atoms with E-state index in [9.17, 15) is 10.5 Å². The molecule has 0 saturated carbocycles. The predicted molar refractivity (Wildman–Crippen MR) is 199 cm³/mol. The molecule has 224 valence electrons. The Kier molecular flexibility index (Phi) is 7.27. The fraction of sp³-hybridized carbons (Fsp3) is 0. The molecule has 3 nitrogen and oxygen atoms in total. The Morgan fingerprint density at radius 3 is 1.65 bits per heavy atom. The Labute approximate surface area is 280 Å². The standard InChI is InChI=1S/C44H29N3Si/c45-30-32-23-26-44-42(27-32)41-21-10-11-22-43(41)47(44)35-24-25-40(34(28-35)31-46)33-13-12-20-39(29-33)48(36-14-4-1-5-15-36,37-16-6-2-7-17-37)38-18-8-3-9-19-38/h1-29H. The lowest BCUT2D eigenvalue weighted by atomic mass is 9.99. The second kappa shape index (κ2) is 12.0. The quantitative estimate of drug-likeness (QED) is 0.141. The molecule has 1 heterocycles. The monoisotopic (exact) mass is 627 g/mol. The van der Waals surface area contributed by atoms with Gasteiger partial charge < -0.3 is 4.57 Å². The number of hydrogen-bond donors (Lipinski definition) is 0. The van der Waals surface area contributed by atoms with Crippen LogP contribution >= 0.6 is 0 Å². The number of fused-ring (bicyclic) bond motifs is 3. The van der Waals surface area contributed by atoms with Crippen LogP contribution in [0.4, 0.5) is 0 Å². The van der Waals surface area contributed by atoms with Crippen molar-refractivity contribution in [3.05, 3.63) is 187 Å². The minimum Gasteiger partial charge on any atom is -0.309 e. The lowest BCUT2D eigenvalue weighted by molar-refractivity contribution is 1.18. The van der Waals surface area contributed by atoms with Crippen molar-refractivity contribution in [3.63, 3.8) is 0 Å². The molecule has 0 saturated heterocycles. The first kappa shape index (κ1) is 29.0. The van der Waals surface area contributed by atoms with Crippen molar-refractivity contribution in [2.24, 2.45) is 0 Å². The van der Waals surface area contributed by atoms with E-state index in [1.165, 1.54) is 20.7 Å². The van der Waals surface area contributed by atoms with Gasteiger partial charge in [0.05, 0.1) is 34.3 Å². The van der Waals surface area contributed by atoms with Crippen molar-refractivity contribution in [3.8, 4) is 29.0 Å². The summed E-state index contributed by atoms with van der Waals surface area (Å²) in [6.07, 6.45) is 0. The molecule has 0 unspecified atom stereocenters. The smallest absolute Gasteiger partial charge is 0.179 e. The summed E-state index contributed by atoms with van der Waals surface area (Å²) in [5.41, 5.74) is 6.08. The molecule has 48 heavy (non-hydrogen) atoms. The summed E-state index contributed by atoms with van der Waals surface area (Å²) in [6.45, 7) is 0. The first-order valence-corrected chi connectivity index (χ1v) is 18.0. The maximum Gasteiger partial charge on any atom is 0.179 e. The highest BCUT2D eigenvalue weighted by atomic mass is 28.3. The van der Waals surface area contributed by atoms with Crippen LogP contribution < -0.4 is 20.7 Å². The molecule has 1 aromatic heterocycles. The summed E-state index contributed by atoms with van der Waals surface area (Å²) in [4.78, 5) is 0. The van der Waals surface area contributed by atoms with Gasteiger partial charge in [-0.2, -0.15) is 10.5 Å². The number of aromatic nitrogens is 1. The summed E-state index contributed by atoms with van der Waals surface area (Å²) in [5.74, 6) is 0. The van der Waals surface area contributed by atoms with Crippen LogP contribution in [0, 0.1) is 22.7 Å². The van der Waals surface area contributed by atoms with E-state index in [4.69, 9.17) is 0 Å². The number of nitrogens with zero attached hydrogens (tertiary/aromatic N) is 3. The molecule has 0 atom stereocenters. The Morgan fingerprint density at radius 2 is 1.02 bits per heavy atom. The lowest BCUT2D eigenvalue weighted by Crippen LogP contribution is -2.74. The third-order valence-electron chi connectivity index (χ3n) is 9.41. The van der Waals surface area contributed by atoms with Crippen molar-refractivity contribution in [2.45, 2.75) is 0 Å². The highest BCUT2D eigenvalue weighted by Crippen LogP contribution is 2.34. The highest BCUT2D eigenvalue weighted by Gasteiger charge is 2.41. The van der Waals surface area contributed by atoms with E-state index in [-0.39, 0.29) is 0 Å². The highest BCUT2D eigenvalue weighted by molar-refractivity contribution is 7.19. The normalized spacial score (nSPS) is 11.3. The van der Waals surface area contributed by atoms with E-state index in [2.05, 4.69) is 156 Å². The third-order valence-corrected chi connectivity index (χ3v) is 14.2. The Morgan fingerprint density at radius 1 is 0.438 bits per heavy atom. The van der Waals surface area contributed by atoms with Gasteiger partial charge in [0.25, 0.3) is 0 Å². The van der Waals surface area contributed by atoms with Gasteiger partial charge in [0.2, 0.25) is 0 Å². The fourth-order valence-electron chi connectivity index (χ4n) is 7.32. The van der Waals surface area contributed by atoms with Gasteiger partial charge in [-0.15, -0.1) is 0 Å². The molecule has 0 radical (unpaired) electrons. The molecule has 0 amide bonds. The maximum atomic E-state index is 10.6. The number of hydrogen-bond acceptors (Lipinski definition) is 2. The minimum absolute atomic E-state index is 0.607. The molecule has 0 bridgehead atoms. The number of rotatable bonds is 6. The van der Waals surface area contributed by atoms with Gasteiger partial charge in [0, 0.05) is 16.5 Å². The van der Waals surface area contributed by atoms with Gasteiger partial charge in [-0.3, -0.25) is 0 Å². The van der Waals surface area contributed by atoms with Gasteiger partial charge in [-0.1, -0.05) is 140 Å². The van der Waals surface area contributed by atoms with Crippen LogP contribution in [0.3, 0.4) is 0 Å². The van der Waals surface area contributed by atoms with Crippen molar-refractivity contribution in [1.82, 2.24) is 4.57 Å². The van der Waals surface area contributed by atoms with E-state index in [1.807, 2.05) is 36.4 Å². The Balaban J connectivity index is 1.33. The molecule has 0 aliphatic carbocycles. The van der Waals surface area contributed by atoms with Crippen molar-refractivity contribution >= 4 is 50.6 Å². The van der Waals surface area contributed by atoms with Gasteiger partial charge in [-0.25, -0.2) is 0 Å². The SMILES string of the molecule is N#Cc1ccc2c(c1)c1ccccc1n2-c1ccc(-c2cccc([Si](c3ccccc3)(c3ccccc3)c3ccccc3)c2)c(C#N)c1. The fourth-order valence-corrected chi connectivity index (χ4v) is 12.1. The zero-order chi connectivity index (χ0) is 32.5. The maximum absolute atomic E-state index is 10.6. The van der Waals surface area contributed by atoms with Crippen LogP contribution in [0.5, 0.6) is 0 Å². The summed E-state index contributed by atoms with van der Waals surface area (Å²) < 4.78 is 2.19. The topological polar surface area (TPSA) is 52.5 Å². The molecule has 8 rings (SSSR count). The lowest BCUT2D eigenvalue weighted by Gasteiger charge is -2.34. The average Bonchev–Trinajstić information content (AvgIpc) is 3.50. The predicted octanol–water partition coefficient (Wildman–Crippen LogP) is 7.57. The zero-order valence-electron chi connectivity index (χ0n) is 26.1. The van der Waals surface area contributed by atoms with Crippen LogP contribution in [-0.4, -0.2) is 12.6 Å². The van der Waals surface area contributed by atoms with Gasteiger partial charge in [0.1, 0.15) is 0 Å². The second-order valence-corrected chi connectivity index (χ2v) is 15.8. The molecule has 4 heteroatoms. The van der Waals surface area contributed by atoms with Crippen LogP contribution in [0.1, 0.15) is 11.1 Å².